The summed E-state index contributed by atoms with van der Waals surface area (Å²) < 4.78 is 0. The van der Waals surface area contributed by atoms with Gasteiger partial charge in [0.05, 0.1) is 11.6 Å². The second-order valence-electron chi connectivity index (χ2n) is 6.54. The van der Waals surface area contributed by atoms with Crippen LogP contribution in [0.3, 0.4) is 0 Å². The maximum atomic E-state index is 11.5. The summed E-state index contributed by atoms with van der Waals surface area (Å²) in [6.07, 6.45) is 5.49. The third-order valence-electron chi connectivity index (χ3n) is 5.24. The Balaban J connectivity index is 1.85. The van der Waals surface area contributed by atoms with Gasteiger partial charge in [0.1, 0.15) is 0 Å². The van der Waals surface area contributed by atoms with Gasteiger partial charge in [-0.2, -0.15) is 0 Å². The molecule has 4 heteroatoms. The Morgan fingerprint density at radius 1 is 1.29 bits per heavy atom. The molecule has 24 heavy (non-hydrogen) atoms. The molecule has 1 heterocycles. The van der Waals surface area contributed by atoms with Crippen LogP contribution in [0.25, 0.3) is 0 Å². The lowest BCUT2D eigenvalue weighted by Crippen LogP contribution is -2.30. The Morgan fingerprint density at radius 2 is 2.12 bits per heavy atom. The number of allylic oxidation sites excluding steroid dienone is 2. The monoisotopic (exact) mass is 339 g/mol. The third-order valence-corrected chi connectivity index (χ3v) is 5.47. The standard InChI is InChI=1S/C20H18ClNO2/c1-11-14(20(23)24)8-9-17-15-6-3-7-16(15)19(22-18(11)17)12-4-2-5-13(21)10-12/h2-6,8-10,15-16,19,22H,7H2,1H3,(H,23,24)/t15-,16-,19-/m0/s1. The molecule has 0 fully saturated rings. The van der Waals surface area contributed by atoms with E-state index < -0.39 is 5.97 Å². The molecule has 0 radical (unpaired) electrons. The number of hydrogen-bond acceptors (Lipinski definition) is 2. The molecule has 0 unspecified atom stereocenters. The van der Waals surface area contributed by atoms with Crippen molar-refractivity contribution in [2.45, 2.75) is 25.3 Å². The Bertz CT molecular complexity index is 859. The van der Waals surface area contributed by atoms with E-state index in [4.69, 9.17) is 11.6 Å². The van der Waals surface area contributed by atoms with Crippen molar-refractivity contribution in [1.29, 1.82) is 0 Å². The molecule has 0 aromatic heterocycles. The predicted molar refractivity (Wildman–Crippen MR) is 95.9 cm³/mol. The summed E-state index contributed by atoms with van der Waals surface area (Å²) in [6, 6.07) is 11.7. The van der Waals surface area contributed by atoms with Gasteiger partial charge in [0.25, 0.3) is 0 Å². The summed E-state index contributed by atoms with van der Waals surface area (Å²) in [5.74, 6) is -0.154. The second-order valence-corrected chi connectivity index (χ2v) is 6.97. The van der Waals surface area contributed by atoms with E-state index in [2.05, 4.69) is 23.5 Å². The molecule has 2 N–H and O–H groups in total. The first-order valence-corrected chi connectivity index (χ1v) is 8.49. The average molecular weight is 340 g/mol. The fraction of sp³-hybridized carbons (Fsp3) is 0.250. The van der Waals surface area contributed by atoms with Gasteiger partial charge in [0, 0.05) is 16.6 Å². The van der Waals surface area contributed by atoms with E-state index in [1.165, 1.54) is 5.56 Å². The van der Waals surface area contributed by atoms with Crippen molar-refractivity contribution in [2.75, 3.05) is 5.32 Å². The highest BCUT2D eigenvalue weighted by Gasteiger charge is 2.38. The lowest BCUT2D eigenvalue weighted by atomic mass is 9.76. The molecule has 2 aromatic carbocycles. The molecular weight excluding hydrogens is 322 g/mol. The van der Waals surface area contributed by atoms with Gasteiger partial charge in [-0.15, -0.1) is 0 Å². The largest absolute Gasteiger partial charge is 0.478 e. The van der Waals surface area contributed by atoms with Crippen LogP contribution in [-0.2, 0) is 0 Å². The highest BCUT2D eigenvalue weighted by molar-refractivity contribution is 6.30. The van der Waals surface area contributed by atoms with Crippen LogP contribution >= 0.6 is 11.6 Å². The molecule has 4 rings (SSSR count). The number of aromatic carboxylic acids is 1. The van der Waals surface area contributed by atoms with E-state index >= 15 is 0 Å². The van der Waals surface area contributed by atoms with Gasteiger partial charge >= 0.3 is 5.97 Å². The van der Waals surface area contributed by atoms with E-state index in [0.717, 1.165) is 28.3 Å². The van der Waals surface area contributed by atoms with Crippen LogP contribution in [0.1, 0.15) is 45.4 Å². The van der Waals surface area contributed by atoms with Gasteiger partial charge in [-0.1, -0.05) is 42.0 Å². The topological polar surface area (TPSA) is 49.3 Å². The molecule has 1 aliphatic carbocycles. The van der Waals surface area contributed by atoms with Crippen molar-refractivity contribution in [2.24, 2.45) is 5.92 Å². The number of halogens is 1. The zero-order chi connectivity index (χ0) is 16.8. The maximum absolute atomic E-state index is 11.5. The molecule has 2 aromatic rings. The third kappa shape index (κ3) is 2.31. The van der Waals surface area contributed by atoms with Crippen molar-refractivity contribution in [3.05, 3.63) is 75.8 Å². The Labute approximate surface area is 146 Å². The maximum Gasteiger partial charge on any atom is 0.336 e. The van der Waals surface area contributed by atoms with Crippen molar-refractivity contribution in [3.8, 4) is 0 Å². The SMILES string of the molecule is Cc1c(C(=O)O)ccc2c1N[C@@H](c1cccc(Cl)c1)[C@H]1CC=C[C@H]21. The van der Waals surface area contributed by atoms with E-state index in [1.54, 1.807) is 6.07 Å². The summed E-state index contributed by atoms with van der Waals surface area (Å²) >= 11 is 6.18. The number of carboxylic acids is 1. The van der Waals surface area contributed by atoms with Gasteiger partial charge in [-0.05, 0) is 54.2 Å². The van der Waals surface area contributed by atoms with Crippen LogP contribution in [0.2, 0.25) is 5.02 Å². The molecule has 0 saturated carbocycles. The Hall–Kier alpha value is -2.26. The van der Waals surface area contributed by atoms with Crippen LogP contribution in [0.4, 0.5) is 5.69 Å². The van der Waals surface area contributed by atoms with Crippen molar-refractivity contribution in [3.63, 3.8) is 0 Å². The van der Waals surface area contributed by atoms with Crippen molar-refractivity contribution >= 4 is 23.3 Å². The molecule has 1 aliphatic heterocycles. The van der Waals surface area contributed by atoms with E-state index in [0.29, 0.717) is 17.4 Å². The molecule has 0 bridgehead atoms. The summed E-state index contributed by atoms with van der Waals surface area (Å²) in [6.45, 7) is 1.88. The van der Waals surface area contributed by atoms with Crippen LogP contribution in [0.5, 0.6) is 0 Å². The van der Waals surface area contributed by atoms with E-state index in [-0.39, 0.29) is 6.04 Å². The van der Waals surface area contributed by atoms with E-state index in [9.17, 15) is 9.90 Å². The van der Waals surface area contributed by atoms with Gasteiger partial charge < -0.3 is 10.4 Å². The highest BCUT2D eigenvalue weighted by atomic mass is 35.5. The quantitative estimate of drug-likeness (QED) is 0.742. The second kappa shape index (κ2) is 5.67. The summed E-state index contributed by atoms with van der Waals surface area (Å²) in [7, 11) is 0. The van der Waals surface area contributed by atoms with Gasteiger partial charge in [-0.25, -0.2) is 4.79 Å². The minimum Gasteiger partial charge on any atom is -0.478 e. The number of carboxylic acid groups (broad SMARTS) is 1. The average Bonchev–Trinajstić information content (AvgIpc) is 3.04. The number of carbonyl (C=O) groups is 1. The molecule has 3 nitrogen and oxygen atoms in total. The first kappa shape index (κ1) is 15.3. The first-order chi connectivity index (χ1) is 11.6. The van der Waals surface area contributed by atoms with Crippen molar-refractivity contribution < 1.29 is 9.90 Å². The molecule has 122 valence electrons. The van der Waals surface area contributed by atoms with Crippen LogP contribution in [0, 0.1) is 12.8 Å². The molecule has 2 aliphatic rings. The Morgan fingerprint density at radius 3 is 2.88 bits per heavy atom. The zero-order valence-electron chi connectivity index (χ0n) is 13.3. The molecule has 0 amide bonds. The number of benzene rings is 2. The first-order valence-electron chi connectivity index (χ1n) is 8.11. The van der Waals surface area contributed by atoms with Crippen molar-refractivity contribution in [1.82, 2.24) is 0 Å². The van der Waals surface area contributed by atoms with Crippen LogP contribution in [-0.4, -0.2) is 11.1 Å². The summed E-state index contributed by atoms with van der Waals surface area (Å²) in [4.78, 5) is 11.5. The minimum absolute atomic E-state index is 0.124. The lowest BCUT2D eigenvalue weighted by molar-refractivity contribution is 0.0696. The van der Waals surface area contributed by atoms with Gasteiger partial charge in [0.2, 0.25) is 0 Å². The Kier molecular flexibility index (Phi) is 3.61. The number of fused-ring (bicyclic) bond motifs is 3. The zero-order valence-corrected chi connectivity index (χ0v) is 14.0. The number of hydrogen-bond donors (Lipinski definition) is 2. The summed E-state index contributed by atoms with van der Waals surface area (Å²) in [5, 5.41) is 13.7. The lowest BCUT2D eigenvalue weighted by Gasteiger charge is -2.38. The van der Waals surface area contributed by atoms with Gasteiger partial charge in [0.15, 0.2) is 0 Å². The fourth-order valence-corrected chi connectivity index (χ4v) is 4.27. The number of rotatable bonds is 2. The summed E-state index contributed by atoms with van der Waals surface area (Å²) in [5.41, 5.74) is 4.44. The molecule has 3 atom stereocenters. The minimum atomic E-state index is -0.888. The number of anilines is 1. The predicted octanol–water partition coefficient (Wildman–Crippen LogP) is 5.17. The molecule has 0 saturated heterocycles. The van der Waals surface area contributed by atoms with E-state index in [1.807, 2.05) is 31.2 Å². The smallest absolute Gasteiger partial charge is 0.336 e. The van der Waals surface area contributed by atoms with Crippen LogP contribution in [0.15, 0.2) is 48.6 Å². The van der Waals surface area contributed by atoms with Crippen LogP contribution < -0.4 is 5.32 Å². The number of nitrogens with one attached hydrogen (secondary N) is 1. The fourth-order valence-electron chi connectivity index (χ4n) is 4.08. The molecule has 0 spiro atoms. The normalized spacial score (nSPS) is 24.2. The van der Waals surface area contributed by atoms with Gasteiger partial charge in [-0.3, -0.25) is 0 Å². The molecular formula is C20H18ClNO2. The highest BCUT2D eigenvalue weighted by Crippen LogP contribution is 2.51.